The van der Waals surface area contributed by atoms with Crippen molar-refractivity contribution >= 4 is 5.69 Å². The molecular formula is C16H11N5O. The summed E-state index contributed by atoms with van der Waals surface area (Å²) < 4.78 is 5.56. The van der Waals surface area contributed by atoms with Crippen LogP contribution in [0.25, 0.3) is 11.5 Å². The van der Waals surface area contributed by atoms with Crippen LogP contribution in [0.3, 0.4) is 0 Å². The largest absolute Gasteiger partial charge is 0.441 e. The zero-order valence-corrected chi connectivity index (χ0v) is 12.0. The highest BCUT2D eigenvalue weighted by Crippen LogP contribution is 2.24. The third kappa shape index (κ3) is 2.95. The van der Waals surface area contributed by atoms with E-state index in [2.05, 4.69) is 10.3 Å². The first kappa shape index (κ1) is 14.8. The maximum absolute atomic E-state index is 9.04. The molecule has 0 spiro atoms. The van der Waals surface area contributed by atoms with Gasteiger partial charge in [0.05, 0.1) is 5.69 Å². The molecule has 6 heteroatoms. The maximum atomic E-state index is 9.04. The Labute approximate surface area is 127 Å². The Morgan fingerprint density at radius 3 is 2.41 bits per heavy atom. The van der Waals surface area contributed by atoms with Gasteiger partial charge in [-0.2, -0.15) is 15.8 Å². The average molecular weight is 289 g/mol. The second-order valence-corrected chi connectivity index (χ2v) is 4.45. The second kappa shape index (κ2) is 6.26. The fraction of sp³-hybridized carbons (Fsp3) is 0.125. The van der Waals surface area contributed by atoms with Crippen LogP contribution < -0.4 is 5.32 Å². The van der Waals surface area contributed by atoms with Gasteiger partial charge in [-0.1, -0.05) is 6.07 Å². The Bertz CT molecular complexity index is 836. The Morgan fingerprint density at radius 2 is 1.86 bits per heavy atom. The molecule has 0 amide bonds. The number of oxazole rings is 1. The number of nitrogens with zero attached hydrogens (tertiary/aromatic N) is 4. The Balaban J connectivity index is 2.38. The molecule has 22 heavy (non-hydrogen) atoms. The number of allylic oxidation sites excluding steroid dienone is 2. The van der Waals surface area contributed by atoms with Crippen LogP contribution >= 0.6 is 0 Å². The quantitative estimate of drug-likeness (QED) is 0.869. The number of aromatic nitrogens is 1. The molecular weight excluding hydrogens is 278 g/mol. The third-order valence-corrected chi connectivity index (χ3v) is 2.99. The molecule has 0 aliphatic rings. The molecule has 0 saturated carbocycles. The van der Waals surface area contributed by atoms with Crippen molar-refractivity contribution in [2.75, 3.05) is 5.32 Å². The van der Waals surface area contributed by atoms with Crippen molar-refractivity contribution in [1.29, 1.82) is 15.8 Å². The van der Waals surface area contributed by atoms with E-state index in [0.29, 0.717) is 11.6 Å². The van der Waals surface area contributed by atoms with Gasteiger partial charge in [-0.25, -0.2) is 4.98 Å². The molecule has 0 atom stereocenters. The summed E-state index contributed by atoms with van der Waals surface area (Å²) in [5, 5.41) is 29.5. The van der Waals surface area contributed by atoms with E-state index in [0.717, 1.165) is 17.0 Å². The predicted molar refractivity (Wildman–Crippen MR) is 78.9 cm³/mol. The molecule has 0 radical (unpaired) electrons. The molecule has 1 N–H and O–H groups in total. The fourth-order valence-electron chi connectivity index (χ4n) is 1.75. The highest BCUT2D eigenvalue weighted by Gasteiger charge is 2.10. The van der Waals surface area contributed by atoms with Crippen LogP contribution in [0, 0.1) is 47.8 Å². The highest BCUT2D eigenvalue weighted by molar-refractivity contribution is 5.65. The lowest BCUT2D eigenvalue weighted by Crippen LogP contribution is -2.00. The zero-order chi connectivity index (χ0) is 16.1. The van der Waals surface area contributed by atoms with Gasteiger partial charge >= 0.3 is 0 Å². The van der Waals surface area contributed by atoms with Gasteiger partial charge in [0, 0.05) is 11.3 Å². The highest BCUT2D eigenvalue weighted by atomic mass is 16.4. The molecule has 0 fully saturated rings. The lowest BCUT2D eigenvalue weighted by molar-refractivity contribution is 0.541. The summed E-state index contributed by atoms with van der Waals surface area (Å²) in [4.78, 5) is 4.31. The lowest BCUT2D eigenvalue weighted by atomic mass is 10.2. The van der Waals surface area contributed by atoms with Gasteiger partial charge in [0.2, 0.25) is 5.89 Å². The van der Waals surface area contributed by atoms with Gasteiger partial charge in [0.25, 0.3) is 0 Å². The molecule has 106 valence electrons. The molecule has 1 aromatic carbocycles. The van der Waals surface area contributed by atoms with Crippen LogP contribution in [0.15, 0.2) is 40.0 Å². The molecule has 0 aliphatic carbocycles. The van der Waals surface area contributed by atoms with Crippen LogP contribution in [-0.2, 0) is 0 Å². The molecule has 2 rings (SSSR count). The molecule has 2 aromatic rings. The predicted octanol–water partition coefficient (Wildman–Crippen LogP) is 3.20. The van der Waals surface area contributed by atoms with Crippen LogP contribution in [0.1, 0.15) is 11.5 Å². The van der Waals surface area contributed by atoms with Crippen molar-refractivity contribution in [3.8, 4) is 29.7 Å². The number of benzene rings is 1. The second-order valence-electron chi connectivity index (χ2n) is 4.45. The number of nitriles is 3. The van der Waals surface area contributed by atoms with Crippen LogP contribution in [0.4, 0.5) is 5.69 Å². The van der Waals surface area contributed by atoms with Gasteiger partial charge in [-0.3, -0.25) is 0 Å². The molecule has 0 aliphatic heterocycles. The first-order valence-corrected chi connectivity index (χ1v) is 6.35. The Hall–Kier alpha value is -3.56. The first-order chi connectivity index (χ1) is 10.6. The molecule has 0 bridgehead atoms. The minimum atomic E-state index is -0.268. The molecule has 6 nitrogen and oxygen atoms in total. The van der Waals surface area contributed by atoms with E-state index >= 15 is 0 Å². The van der Waals surface area contributed by atoms with Crippen LogP contribution in [-0.4, -0.2) is 4.98 Å². The number of nitrogens with one attached hydrogen (secondary N) is 1. The van der Waals surface area contributed by atoms with Crippen LogP contribution in [0.5, 0.6) is 0 Å². The first-order valence-electron chi connectivity index (χ1n) is 6.35. The number of anilines is 1. The van der Waals surface area contributed by atoms with E-state index in [1.54, 1.807) is 30.3 Å². The molecule has 1 aromatic heterocycles. The standard InChI is InChI=1S/C16H11N5O/c1-10-11(2)22-16(20-10)12-4-3-5-14(6-12)21-15(9-19)13(7-17)8-18/h3-6,21H,1-2H3. The summed E-state index contributed by atoms with van der Waals surface area (Å²) in [7, 11) is 0. The SMILES string of the molecule is Cc1nc(-c2cccc(NC(C#N)=C(C#N)C#N)c2)oc1C. The lowest BCUT2D eigenvalue weighted by Gasteiger charge is -2.05. The minimum Gasteiger partial charge on any atom is -0.441 e. The van der Waals surface area contributed by atoms with Crippen LogP contribution in [0.2, 0.25) is 0 Å². The Kier molecular flexibility index (Phi) is 4.22. The van der Waals surface area contributed by atoms with E-state index in [9.17, 15) is 0 Å². The van der Waals surface area contributed by atoms with E-state index in [1.165, 1.54) is 0 Å². The van der Waals surface area contributed by atoms with E-state index in [1.807, 2.05) is 26.0 Å². The maximum Gasteiger partial charge on any atom is 0.226 e. The van der Waals surface area contributed by atoms with Crippen molar-refractivity contribution in [2.45, 2.75) is 13.8 Å². The van der Waals surface area contributed by atoms with Crippen molar-refractivity contribution in [2.24, 2.45) is 0 Å². The minimum absolute atomic E-state index is 0.0954. The molecule has 0 unspecified atom stereocenters. The van der Waals surface area contributed by atoms with Crippen molar-refractivity contribution in [1.82, 2.24) is 4.98 Å². The molecule has 1 heterocycles. The van der Waals surface area contributed by atoms with Crippen molar-refractivity contribution in [3.63, 3.8) is 0 Å². The van der Waals surface area contributed by atoms with Gasteiger partial charge in [0.1, 0.15) is 29.7 Å². The summed E-state index contributed by atoms with van der Waals surface area (Å²) in [5.41, 5.74) is 1.74. The van der Waals surface area contributed by atoms with Gasteiger partial charge in [-0.05, 0) is 32.0 Å². The van der Waals surface area contributed by atoms with E-state index in [-0.39, 0.29) is 11.3 Å². The number of hydrogen-bond acceptors (Lipinski definition) is 6. The summed E-state index contributed by atoms with van der Waals surface area (Å²) in [6.45, 7) is 3.68. The van der Waals surface area contributed by atoms with E-state index in [4.69, 9.17) is 20.2 Å². The Morgan fingerprint density at radius 1 is 1.14 bits per heavy atom. The van der Waals surface area contributed by atoms with Gasteiger partial charge < -0.3 is 9.73 Å². The average Bonchev–Trinajstić information content (AvgIpc) is 2.87. The van der Waals surface area contributed by atoms with E-state index < -0.39 is 0 Å². The summed E-state index contributed by atoms with van der Waals surface area (Å²) in [6.07, 6.45) is 0. The molecule has 0 saturated heterocycles. The van der Waals surface area contributed by atoms with Gasteiger partial charge in [0.15, 0.2) is 5.57 Å². The summed E-state index contributed by atoms with van der Waals surface area (Å²) >= 11 is 0. The number of rotatable bonds is 3. The van der Waals surface area contributed by atoms with Crippen molar-refractivity contribution in [3.05, 3.63) is 47.0 Å². The zero-order valence-electron chi connectivity index (χ0n) is 12.0. The normalized spacial score (nSPS) is 9.23. The number of aryl methyl sites for hydroxylation is 2. The summed E-state index contributed by atoms with van der Waals surface area (Å²) in [5.74, 6) is 1.21. The fourth-order valence-corrected chi connectivity index (χ4v) is 1.75. The third-order valence-electron chi connectivity index (χ3n) is 2.99. The van der Waals surface area contributed by atoms with Gasteiger partial charge in [-0.15, -0.1) is 0 Å². The summed E-state index contributed by atoms with van der Waals surface area (Å²) in [6, 6.07) is 12.2. The topological polar surface area (TPSA) is 109 Å². The smallest absolute Gasteiger partial charge is 0.226 e. The monoisotopic (exact) mass is 289 g/mol. The number of hydrogen-bond donors (Lipinski definition) is 1. The van der Waals surface area contributed by atoms with Crippen molar-refractivity contribution < 1.29 is 4.42 Å².